The van der Waals surface area contributed by atoms with Crippen molar-refractivity contribution in [3.63, 3.8) is 0 Å². The molecule has 0 saturated carbocycles. The number of amides is 1. The molecule has 1 aromatic heterocycles. The lowest BCUT2D eigenvalue weighted by atomic mass is 9.71. The van der Waals surface area contributed by atoms with Gasteiger partial charge in [-0.1, -0.05) is 25.9 Å². The summed E-state index contributed by atoms with van der Waals surface area (Å²) in [5, 5.41) is 4.30. The number of aromatic nitrogens is 1. The zero-order chi connectivity index (χ0) is 20.6. The van der Waals surface area contributed by atoms with E-state index in [1.165, 1.54) is 0 Å². The number of fused-ring (bicyclic) bond motifs is 1. The minimum absolute atomic E-state index is 0.0506. The zero-order valence-electron chi connectivity index (χ0n) is 18.6. The third-order valence-corrected chi connectivity index (χ3v) is 7.28. The monoisotopic (exact) mass is 403 g/mol. The van der Waals surface area contributed by atoms with Crippen LogP contribution in [-0.2, 0) is 17.6 Å². The Hall–Kier alpha value is -1.40. The Balaban J connectivity index is 1.57. The number of carbonyl (C=O) groups is 1. The quantitative estimate of drug-likeness (QED) is 0.770. The van der Waals surface area contributed by atoms with Gasteiger partial charge in [-0.05, 0) is 70.0 Å². The first kappa shape index (κ1) is 20.9. The summed E-state index contributed by atoms with van der Waals surface area (Å²) in [6.45, 7) is 10.4. The highest BCUT2D eigenvalue weighted by Crippen LogP contribution is 2.38. The van der Waals surface area contributed by atoms with Crippen LogP contribution < -0.4 is 0 Å². The van der Waals surface area contributed by atoms with Crippen LogP contribution in [0.5, 0.6) is 0 Å². The summed E-state index contributed by atoms with van der Waals surface area (Å²) in [4.78, 5) is 18.2. The molecule has 2 saturated heterocycles. The van der Waals surface area contributed by atoms with Crippen LogP contribution in [0.15, 0.2) is 4.52 Å². The topological polar surface area (TPSA) is 58.8 Å². The zero-order valence-corrected chi connectivity index (χ0v) is 18.6. The molecule has 0 radical (unpaired) electrons. The molecule has 0 spiro atoms. The lowest BCUT2D eigenvalue weighted by molar-refractivity contribution is 0.0312. The van der Waals surface area contributed by atoms with Crippen molar-refractivity contribution in [2.45, 2.75) is 77.9 Å². The first-order valence-corrected chi connectivity index (χ1v) is 11.4. The Morgan fingerprint density at radius 1 is 1.21 bits per heavy atom. The van der Waals surface area contributed by atoms with Crippen LogP contribution in [0.1, 0.15) is 74.7 Å². The van der Waals surface area contributed by atoms with Gasteiger partial charge in [0.25, 0.3) is 5.91 Å². The highest BCUT2D eigenvalue weighted by molar-refractivity contribution is 5.94. The molecule has 2 fully saturated rings. The third kappa shape index (κ3) is 4.53. The van der Waals surface area contributed by atoms with Crippen LogP contribution in [0.4, 0.5) is 0 Å². The fourth-order valence-electron chi connectivity index (χ4n) is 5.16. The molecule has 0 bridgehead atoms. The number of ether oxygens (including phenoxy) is 1. The highest BCUT2D eigenvalue weighted by atomic mass is 16.5. The van der Waals surface area contributed by atoms with Crippen molar-refractivity contribution in [2.75, 3.05) is 33.3 Å². The van der Waals surface area contributed by atoms with Crippen LogP contribution in [0, 0.1) is 11.3 Å². The van der Waals surface area contributed by atoms with Crippen LogP contribution in [0.2, 0.25) is 0 Å². The van der Waals surface area contributed by atoms with Gasteiger partial charge in [0, 0.05) is 31.2 Å². The van der Waals surface area contributed by atoms with E-state index in [0.717, 1.165) is 76.0 Å². The van der Waals surface area contributed by atoms with Crippen molar-refractivity contribution in [3.8, 4) is 0 Å². The molecular formula is C23H37N3O3. The van der Waals surface area contributed by atoms with Gasteiger partial charge >= 0.3 is 0 Å². The highest BCUT2D eigenvalue weighted by Gasteiger charge is 2.38. The molecule has 29 heavy (non-hydrogen) atoms. The molecule has 0 unspecified atom stereocenters. The van der Waals surface area contributed by atoms with Gasteiger partial charge in [0.2, 0.25) is 0 Å². The van der Waals surface area contributed by atoms with Gasteiger partial charge in [-0.25, -0.2) is 0 Å². The second kappa shape index (κ2) is 8.38. The van der Waals surface area contributed by atoms with E-state index in [-0.39, 0.29) is 23.5 Å². The predicted molar refractivity (Wildman–Crippen MR) is 112 cm³/mol. The van der Waals surface area contributed by atoms with E-state index in [4.69, 9.17) is 9.26 Å². The van der Waals surface area contributed by atoms with Gasteiger partial charge in [-0.2, -0.15) is 0 Å². The fraction of sp³-hybridized carbons (Fsp3) is 0.826. The molecule has 6 heteroatoms. The first-order valence-electron chi connectivity index (χ1n) is 11.4. The van der Waals surface area contributed by atoms with E-state index in [0.29, 0.717) is 18.2 Å². The number of rotatable bonds is 4. The smallest absolute Gasteiger partial charge is 0.276 e. The summed E-state index contributed by atoms with van der Waals surface area (Å²) >= 11 is 0. The van der Waals surface area contributed by atoms with Crippen molar-refractivity contribution in [3.05, 3.63) is 17.0 Å². The Morgan fingerprint density at radius 2 is 1.97 bits per heavy atom. The minimum atomic E-state index is 0.0506. The number of carbonyl (C=O) groups excluding carboxylic acids is 1. The average molecular weight is 404 g/mol. The van der Waals surface area contributed by atoms with Crippen LogP contribution >= 0.6 is 0 Å². The van der Waals surface area contributed by atoms with Crippen molar-refractivity contribution in [2.24, 2.45) is 11.3 Å². The summed E-state index contributed by atoms with van der Waals surface area (Å²) in [6, 6.07) is 0.261. The molecule has 1 amide bonds. The molecule has 3 aliphatic rings. The second-order valence-electron chi connectivity index (χ2n) is 10.4. The van der Waals surface area contributed by atoms with Crippen LogP contribution in [0.3, 0.4) is 0 Å². The number of hydrogen-bond donors (Lipinski definition) is 0. The van der Waals surface area contributed by atoms with E-state index in [2.05, 4.69) is 42.8 Å². The number of aryl methyl sites for hydroxylation is 1. The molecular weight excluding hydrogens is 366 g/mol. The van der Waals surface area contributed by atoms with Crippen molar-refractivity contribution in [1.82, 2.24) is 15.0 Å². The molecule has 3 heterocycles. The molecule has 6 nitrogen and oxygen atoms in total. The van der Waals surface area contributed by atoms with E-state index in [9.17, 15) is 4.79 Å². The predicted octanol–water partition coefficient (Wildman–Crippen LogP) is 3.54. The first-order chi connectivity index (χ1) is 13.8. The maximum atomic E-state index is 13.7. The maximum Gasteiger partial charge on any atom is 0.276 e. The minimum Gasteiger partial charge on any atom is -0.376 e. The number of nitrogens with zero attached hydrogens (tertiary/aromatic N) is 3. The van der Waals surface area contributed by atoms with E-state index in [1.54, 1.807) is 0 Å². The molecule has 2 atom stereocenters. The molecule has 162 valence electrons. The number of hydrogen-bond acceptors (Lipinski definition) is 5. The lowest BCUT2D eigenvalue weighted by Gasteiger charge is -2.38. The Kier molecular flexibility index (Phi) is 6.03. The van der Waals surface area contributed by atoms with E-state index >= 15 is 0 Å². The molecule has 1 aromatic rings. The molecule has 2 aliphatic heterocycles. The van der Waals surface area contributed by atoms with Crippen molar-refractivity contribution >= 4 is 5.91 Å². The van der Waals surface area contributed by atoms with Crippen LogP contribution in [-0.4, -0.2) is 66.3 Å². The average Bonchev–Trinajstić information content (AvgIpc) is 3.35. The normalized spacial score (nSPS) is 26.5. The Labute approximate surface area is 174 Å². The van der Waals surface area contributed by atoms with Gasteiger partial charge in [0.1, 0.15) is 5.76 Å². The Morgan fingerprint density at radius 3 is 2.62 bits per heavy atom. The fourth-order valence-corrected chi connectivity index (χ4v) is 5.16. The summed E-state index contributed by atoms with van der Waals surface area (Å²) in [6.07, 6.45) is 7.20. The summed E-state index contributed by atoms with van der Waals surface area (Å²) in [5.41, 5.74) is 1.85. The van der Waals surface area contributed by atoms with Crippen LogP contribution in [0.25, 0.3) is 0 Å². The van der Waals surface area contributed by atoms with Gasteiger partial charge in [0.05, 0.1) is 6.10 Å². The summed E-state index contributed by atoms with van der Waals surface area (Å²) < 4.78 is 11.5. The standard InChI is InChI=1S/C23H37N3O3/c1-23(2,3)16-7-8-20-19(14-16)21(24-29-20)22(27)26(15-18-6-5-13-28-18)17-9-11-25(4)12-10-17/h16-18H,5-15H2,1-4H3/t16-,18+/m0/s1. The largest absolute Gasteiger partial charge is 0.376 e. The van der Waals surface area contributed by atoms with Gasteiger partial charge in [-0.3, -0.25) is 4.79 Å². The van der Waals surface area contributed by atoms with Gasteiger partial charge in [-0.15, -0.1) is 0 Å². The van der Waals surface area contributed by atoms with Gasteiger partial charge in [0.15, 0.2) is 5.69 Å². The SMILES string of the molecule is CN1CCC(N(C[C@H]2CCCO2)C(=O)c2noc3c2C[C@@H](C(C)(C)C)CC3)CC1. The van der Waals surface area contributed by atoms with E-state index in [1.807, 2.05) is 0 Å². The number of piperidine rings is 1. The van der Waals surface area contributed by atoms with E-state index < -0.39 is 0 Å². The molecule has 1 aliphatic carbocycles. The molecule has 0 N–H and O–H groups in total. The third-order valence-electron chi connectivity index (χ3n) is 7.28. The summed E-state index contributed by atoms with van der Waals surface area (Å²) in [5.74, 6) is 1.53. The molecule has 0 aromatic carbocycles. The van der Waals surface area contributed by atoms with Crippen molar-refractivity contribution in [1.29, 1.82) is 0 Å². The number of likely N-dealkylation sites (tertiary alicyclic amines) is 1. The Bertz CT molecular complexity index is 709. The second-order valence-corrected chi connectivity index (χ2v) is 10.4. The van der Waals surface area contributed by atoms with Gasteiger partial charge < -0.3 is 19.1 Å². The van der Waals surface area contributed by atoms with Crippen molar-refractivity contribution < 1.29 is 14.1 Å². The maximum absolute atomic E-state index is 13.7. The molecule has 4 rings (SSSR count). The lowest BCUT2D eigenvalue weighted by Crippen LogP contribution is -2.49. The summed E-state index contributed by atoms with van der Waals surface area (Å²) in [7, 11) is 2.16.